The number of pyridine rings is 1. The average molecular weight is 467 g/mol. The maximum atomic E-state index is 13.8. The second-order valence-electron chi connectivity index (χ2n) is 8.33. The quantitative estimate of drug-likeness (QED) is 0.597. The van der Waals surface area contributed by atoms with Crippen LogP contribution in [0.25, 0.3) is 0 Å². The van der Waals surface area contributed by atoms with Gasteiger partial charge in [-0.25, -0.2) is 4.98 Å². The molecule has 2 amide bonds. The van der Waals surface area contributed by atoms with Crippen molar-refractivity contribution < 1.29 is 9.59 Å². The summed E-state index contributed by atoms with van der Waals surface area (Å²) in [4.78, 5) is 37.9. The van der Waals surface area contributed by atoms with Crippen LogP contribution in [0.3, 0.4) is 0 Å². The van der Waals surface area contributed by atoms with E-state index in [1.807, 2.05) is 29.2 Å². The minimum Gasteiger partial charge on any atom is -0.336 e. The highest BCUT2D eigenvalue weighted by Crippen LogP contribution is 2.44. The molecule has 164 valence electrons. The molecule has 1 aromatic carbocycles. The number of nitrogens with zero attached hydrogens (tertiary/aromatic N) is 3. The van der Waals surface area contributed by atoms with E-state index in [0.29, 0.717) is 35.4 Å². The van der Waals surface area contributed by atoms with E-state index in [1.165, 1.54) is 11.3 Å². The molecular weight excluding hydrogens is 444 g/mol. The molecule has 8 heteroatoms. The highest BCUT2D eigenvalue weighted by Gasteiger charge is 2.45. The molecule has 2 aromatic heterocycles. The highest BCUT2D eigenvalue weighted by atomic mass is 35.5. The molecule has 1 N–H and O–H groups in total. The summed E-state index contributed by atoms with van der Waals surface area (Å²) in [7, 11) is 0. The zero-order chi connectivity index (χ0) is 22.1. The van der Waals surface area contributed by atoms with Crippen LogP contribution in [0.5, 0.6) is 0 Å². The largest absolute Gasteiger partial charge is 0.336 e. The van der Waals surface area contributed by atoms with E-state index >= 15 is 0 Å². The predicted molar refractivity (Wildman–Crippen MR) is 125 cm³/mol. The number of rotatable bonds is 4. The summed E-state index contributed by atoms with van der Waals surface area (Å²) in [6, 6.07) is 13.0. The van der Waals surface area contributed by atoms with Crippen LogP contribution in [-0.2, 0) is 23.2 Å². The molecule has 0 radical (unpaired) electrons. The van der Waals surface area contributed by atoms with Gasteiger partial charge in [0.2, 0.25) is 5.91 Å². The maximum Gasteiger partial charge on any atom is 0.276 e. The van der Waals surface area contributed by atoms with E-state index in [0.717, 1.165) is 41.8 Å². The Morgan fingerprint density at radius 1 is 1.09 bits per heavy atom. The van der Waals surface area contributed by atoms with Crippen molar-refractivity contribution >= 4 is 39.9 Å². The van der Waals surface area contributed by atoms with Crippen LogP contribution in [0.2, 0.25) is 5.02 Å². The number of benzene rings is 1. The lowest BCUT2D eigenvalue weighted by Gasteiger charge is -2.36. The third-order valence-corrected chi connectivity index (χ3v) is 7.65. The van der Waals surface area contributed by atoms with Gasteiger partial charge in [-0.15, -0.1) is 0 Å². The summed E-state index contributed by atoms with van der Waals surface area (Å²) >= 11 is 7.53. The molecule has 2 aliphatic rings. The fourth-order valence-corrected chi connectivity index (χ4v) is 5.90. The topological polar surface area (TPSA) is 75.2 Å². The van der Waals surface area contributed by atoms with E-state index in [1.54, 1.807) is 24.4 Å². The van der Waals surface area contributed by atoms with Gasteiger partial charge in [0.1, 0.15) is 5.69 Å². The Hall–Kier alpha value is -2.77. The summed E-state index contributed by atoms with van der Waals surface area (Å²) in [6.07, 6.45) is 6.11. The minimum atomic E-state index is -0.469. The first kappa shape index (κ1) is 21.1. The van der Waals surface area contributed by atoms with Crippen LogP contribution in [-0.4, -0.2) is 33.2 Å². The summed E-state index contributed by atoms with van der Waals surface area (Å²) < 4.78 is 0. The first-order valence-corrected chi connectivity index (χ1v) is 12.0. The lowest BCUT2D eigenvalue weighted by molar-refractivity contribution is -0.138. The van der Waals surface area contributed by atoms with Crippen molar-refractivity contribution in [2.45, 2.75) is 44.1 Å². The van der Waals surface area contributed by atoms with Crippen molar-refractivity contribution in [1.82, 2.24) is 14.9 Å². The van der Waals surface area contributed by atoms with Gasteiger partial charge in [-0.05, 0) is 42.7 Å². The van der Waals surface area contributed by atoms with Crippen molar-refractivity contribution in [3.8, 4) is 0 Å². The molecular formula is C24H23ClN4O2S. The van der Waals surface area contributed by atoms with Crippen molar-refractivity contribution in [2.24, 2.45) is 0 Å². The summed E-state index contributed by atoms with van der Waals surface area (Å²) in [5.41, 5.74) is 1.90. The predicted octanol–water partition coefficient (Wildman–Crippen LogP) is 4.84. The van der Waals surface area contributed by atoms with E-state index in [-0.39, 0.29) is 11.8 Å². The summed E-state index contributed by atoms with van der Waals surface area (Å²) in [6.45, 7) is 1.17. The van der Waals surface area contributed by atoms with Gasteiger partial charge in [-0.1, -0.05) is 54.0 Å². The molecule has 0 bridgehead atoms. The van der Waals surface area contributed by atoms with E-state index in [2.05, 4.69) is 15.3 Å². The molecule has 0 atom stereocenters. The van der Waals surface area contributed by atoms with Crippen molar-refractivity contribution in [3.05, 3.63) is 75.5 Å². The number of hydrogen-bond donors (Lipinski definition) is 1. The van der Waals surface area contributed by atoms with Gasteiger partial charge in [0.15, 0.2) is 5.13 Å². The first-order valence-electron chi connectivity index (χ1n) is 10.8. The van der Waals surface area contributed by atoms with Gasteiger partial charge < -0.3 is 4.90 Å². The molecule has 6 nitrogen and oxygen atoms in total. The Bertz CT molecular complexity index is 1140. The molecule has 0 saturated heterocycles. The normalized spacial score (nSPS) is 17.1. The molecule has 3 aromatic rings. The zero-order valence-corrected chi connectivity index (χ0v) is 19.1. The lowest BCUT2D eigenvalue weighted by Crippen LogP contribution is -2.47. The standard InChI is InChI=1S/C24H23ClN4O2S/c25-17-8-6-16(7-9-17)24(11-2-3-12-24)22(31)29-14-10-18-20(15-29)32-23(27-18)28-21(30)19-5-1-4-13-26-19/h1,4-9,13H,2-3,10-12,14-15H2,(H,27,28,30). The van der Waals surface area contributed by atoms with E-state index in [9.17, 15) is 9.59 Å². The Balaban J connectivity index is 1.34. The zero-order valence-electron chi connectivity index (χ0n) is 17.5. The number of fused-ring (bicyclic) bond motifs is 1. The molecule has 32 heavy (non-hydrogen) atoms. The summed E-state index contributed by atoms with van der Waals surface area (Å²) in [5.74, 6) is -0.0901. The highest BCUT2D eigenvalue weighted by molar-refractivity contribution is 7.15. The fraction of sp³-hybridized carbons (Fsp3) is 0.333. The molecule has 0 spiro atoms. The van der Waals surface area contributed by atoms with Gasteiger partial charge in [0, 0.05) is 29.1 Å². The van der Waals surface area contributed by atoms with Crippen LogP contribution in [0, 0.1) is 0 Å². The summed E-state index contributed by atoms with van der Waals surface area (Å²) in [5, 5.41) is 4.07. The van der Waals surface area contributed by atoms with Crippen LogP contribution in [0.1, 0.15) is 52.3 Å². The number of hydrogen-bond acceptors (Lipinski definition) is 5. The second-order valence-corrected chi connectivity index (χ2v) is 9.85. The molecule has 1 fully saturated rings. The van der Waals surface area contributed by atoms with Crippen LogP contribution in [0.15, 0.2) is 48.7 Å². The van der Waals surface area contributed by atoms with Gasteiger partial charge in [0.25, 0.3) is 5.91 Å². The maximum absolute atomic E-state index is 13.8. The number of halogens is 1. The van der Waals surface area contributed by atoms with Gasteiger partial charge >= 0.3 is 0 Å². The monoisotopic (exact) mass is 466 g/mol. The van der Waals surface area contributed by atoms with Crippen molar-refractivity contribution in [1.29, 1.82) is 0 Å². The van der Waals surface area contributed by atoms with Crippen LogP contribution >= 0.6 is 22.9 Å². The first-order chi connectivity index (χ1) is 15.5. The molecule has 0 unspecified atom stereocenters. The third kappa shape index (κ3) is 3.91. The van der Waals surface area contributed by atoms with Crippen molar-refractivity contribution in [2.75, 3.05) is 11.9 Å². The molecule has 3 heterocycles. The Morgan fingerprint density at radius 3 is 2.59 bits per heavy atom. The Labute approximate surface area is 195 Å². The third-order valence-electron chi connectivity index (χ3n) is 6.40. The SMILES string of the molecule is O=C(Nc1nc2c(s1)CN(C(=O)C1(c3ccc(Cl)cc3)CCCC1)CC2)c1ccccn1. The number of thiazole rings is 1. The van der Waals surface area contributed by atoms with Crippen molar-refractivity contribution in [3.63, 3.8) is 0 Å². The van der Waals surface area contributed by atoms with Gasteiger partial charge in [0.05, 0.1) is 17.7 Å². The second kappa shape index (κ2) is 8.64. The molecule has 1 saturated carbocycles. The van der Waals surface area contributed by atoms with Gasteiger partial charge in [-0.2, -0.15) is 0 Å². The smallest absolute Gasteiger partial charge is 0.276 e. The molecule has 1 aliphatic carbocycles. The number of carbonyl (C=O) groups is 2. The van der Waals surface area contributed by atoms with Crippen LogP contribution < -0.4 is 5.32 Å². The Kier molecular flexibility index (Phi) is 5.69. The number of anilines is 1. The Morgan fingerprint density at radius 2 is 1.88 bits per heavy atom. The lowest BCUT2D eigenvalue weighted by atomic mass is 9.77. The van der Waals surface area contributed by atoms with E-state index in [4.69, 9.17) is 11.6 Å². The number of amides is 2. The molecule has 5 rings (SSSR count). The van der Waals surface area contributed by atoms with E-state index < -0.39 is 5.41 Å². The number of carbonyl (C=O) groups excluding carboxylic acids is 2. The number of nitrogens with one attached hydrogen (secondary N) is 1. The van der Waals surface area contributed by atoms with Gasteiger partial charge in [-0.3, -0.25) is 19.9 Å². The van der Waals surface area contributed by atoms with Crippen LogP contribution in [0.4, 0.5) is 5.13 Å². The molecule has 1 aliphatic heterocycles. The number of aromatic nitrogens is 2. The fourth-order valence-electron chi connectivity index (χ4n) is 4.76. The average Bonchev–Trinajstić information content (AvgIpc) is 3.47. The minimum absolute atomic E-state index is 0.190.